The molecule has 0 saturated heterocycles. The summed E-state index contributed by atoms with van der Waals surface area (Å²) in [6, 6.07) is 0. The number of aromatic nitrogens is 4. The molecule has 0 amide bonds. The van der Waals surface area contributed by atoms with E-state index in [9.17, 15) is 0 Å². The van der Waals surface area contributed by atoms with Gasteiger partial charge in [-0.05, 0) is 38.5 Å². The maximum Gasteiger partial charge on any atom is 0.216 e. The summed E-state index contributed by atoms with van der Waals surface area (Å²) in [5.41, 5.74) is 2.59. The van der Waals surface area contributed by atoms with Gasteiger partial charge in [0.15, 0.2) is 0 Å². The summed E-state index contributed by atoms with van der Waals surface area (Å²) in [5.74, 6) is 3.15. The molecule has 0 fully saturated rings. The fourth-order valence-electron chi connectivity index (χ4n) is 2.71. The Labute approximate surface area is 106 Å². The van der Waals surface area contributed by atoms with E-state index in [1.54, 1.807) is 0 Å². The van der Waals surface area contributed by atoms with Crippen LogP contribution in [-0.2, 0) is 19.3 Å². The van der Waals surface area contributed by atoms with Crippen molar-refractivity contribution in [2.24, 2.45) is 5.92 Å². The van der Waals surface area contributed by atoms with Crippen molar-refractivity contribution < 1.29 is 4.42 Å². The molecule has 1 aliphatic carbocycles. The van der Waals surface area contributed by atoms with Gasteiger partial charge in [-0.1, -0.05) is 0 Å². The molecule has 1 unspecified atom stereocenters. The molecule has 1 N–H and O–H groups in total. The number of nitrogens with one attached hydrogen (secondary N) is 1. The van der Waals surface area contributed by atoms with Crippen molar-refractivity contribution in [3.8, 4) is 0 Å². The van der Waals surface area contributed by atoms with Crippen LogP contribution in [0.25, 0.3) is 0 Å². The fourth-order valence-corrected chi connectivity index (χ4v) is 2.71. The largest absolute Gasteiger partial charge is 0.426 e. The summed E-state index contributed by atoms with van der Waals surface area (Å²) in [6.45, 7) is 3.85. The Morgan fingerprint density at radius 3 is 3.00 bits per heavy atom. The highest BCUT2D eigenvalue weighted by atomic mass is 16.4. The summed E-state index contributed by atoms with van der Waals surface area (Å²) >= 11 is 0. The van der Waals surface area contributed by atoms with E-state index in [-0.39, 0.29) is 0 Å². The van der Waals surface area contributed by atoms with Crippen molar-refractivity contribution >= 4 is 0 Å². The van der Waals surface area contributed by atoms with Crippen LogP contribution >= 0.6 is 0 Å². The lowest BCUT2D eigenvalue weighted by Gasteiger charge is -2.20. The zero-order valence-corrected chi connectivity index (χ0v) is 10.9. The van der Waals surface area contributed by atoms with Crippen LogP contribution in [0.3, 0.4) is 0 Å². The number of hydrogen-bond acceptors (Lipinski definition) is 4. The standard InChI is InChI=1S/C13H18N4O/c1-8-14-11-5-3-10(7-12(11)15-8)4-6-13-17-16-9(2)18-13/h10H,3-7H2,1-2H3,(H,14,15). The first-order chi connectivity index (χ1) is 8.70. The number of hydrogen-bond donors (Lipinski definition) is 1. The van der Waals surface area contributed by atoms with Crippen molar-refractivity contribution in [2.45, 2.75) is 46.0 Å². The molecule has 1 atom stereocenters. The number of aryl methyl sites for hydroxylation is 4. The van der Waals surface area contributed by atoms with E-state index >= 15 is 0 Å². The predicted molar refractivity (Wildman–Crippen MR) is 66.2 cm³/mol. The molecule has 96 valence electrons. The van der Waals surface area contributed by atoms with Crippen LogP contribution in [0.2, 0.25) is 0 Å². The lowest BCUT2D eigenvalue weighted by Crippen LogP contribution is -2.15. The molecule has 5 nitrogen and oxygen atoms in total. The first-order valence-electron chi connectivity index (χ1n) is 6.54. The minimum absolute atomic E-state index is 0.653. The summed E-state index contributed by atoms with van der Waals surface area (Å²) in [5, 5.41) is 7.90. The molecule has 0 radical (unpaired) electrons. The molecular weight excluding hydrogens is 228 g/mol. The Bertz CT molecular complexity index is 543. The monoisotopic (exact) mass is 246 g/mol. The summed E-state index contributed by atoms with van der Waals surface area (Å²) in [6.07, 6.45) is 5.40. The van der Waals surface area contributed by atoms with Crippen LogP contribution in [0.5, 0.6) is 0 Å². The number of nitrogens with zero attached hydrogens (tertiary/aromatic N) is 3. The highest BCUT2D eigenvalue weighted by Crippen LogP contribution is 2.26. The molecule has 1 aliphatic rings. The maximum atomic E-state index is 5.41. The third kappa shape index (κ3) is 2.30. The number of aromatic amines is 1. The van der Waals surface area contributed by atoms with Gasteiger partial charge in [0.1, 0.15) is 5.82 Å². The van der Waals surface area contributed by atoms with E-state index < -0.39 is 0 Å². The Balaban J connectivity index is 1.59. The minimum atomic E-state index is 0.653. The van der Waals surface area contributed by atoms with Gasteiger partial charge in [-0.15, -0.1) is 10.2 Å². The quantitative estimate of drug-likeness (QED) is 0.901. The normalized spacial score (nSPS) is 18.9. The number of imidazole rings is 1. The van der Waals surface area contributed by atoms with Crippen LogP contribution in [0.4, 0.5) is 0 Å². The summed E-state index contributed by atoms with van der Waals surface area (Å²) in [7, 11) is 0. The first-order valence-corrected chi connectivity index (χ1v) is 6.54. The maximum absolute atomic E-state index is 5.41. The zero-order valence-electron chi connectivity index (χ0n) is 10.9. The van der Waals surface area contributed by atoms with Gasteiger partial charge in [0.05, 0.1) is 5.69 Å². The molecule has 2 aromatic rings. The van der Waals surface area contributed by atoms with E-state index in [4.69, 9.17) is 4.42 Å². The van der Waals surface area contributed by atoms with Crippen molar-refractivity contribution in [2.75, 3.05) is 0 Å². The second-order valence-electron chi connectivity index (χ2n) is 5.11. The van der Waals surface area contributed by atoms with Crippen LogP contribution in [0, 0.1) is 19.8 Å². The van der Waals surface area contributed by atoms with Gasteiger partial charge in [0, 0.05) is 19.0 Å². The number of rotatable bonds is 3. The summed E-state index contributed by atoms with van der Waals surface area (Å²) in [4.78, 5) is 7.88. The Hall–Kier alpha value is -1.65. The van der Waals surface area contributed by atoms with Crippen LogP contribution in [0.15, 0.2) is 4.42 Å². The van der Waals surface area contributed by atoms with Gasteiger partial charge in [-0.3, -0.25) is 0 Å². The van der Waals surface area contributed by atoms with Crippen LogP contribution in [0.1, 0.15) is 41.8 Å². The van der Waals surface area contributed by atoms with Crippen molar-refractivity contribution in [1.29, 1.82) is 0 Å². The molecule has 3 rings (SSSR count). The average molecular weight is 246 g/mol. The first kappa shape index (κ1) is 11.4. The van der Waals surface area contributed by atoms with Gasteiger partial charge in [0.25, 0.3) is 0 Å². The lowest BCUT2D eigenvalue weighted by atomic mass is 9.86. The lowest BCUT2D eigenvalue weighted by molar-refractivity contribution is 0.388. The molecule has 0 bridgehead atoms. The van der Waals surface area contributed by atoms with E-state index in [0.717, 1.165) is 37.4 Å². The average Bonchev–Trinajstić information content (AvgIpc) is 2.90. The van der Waals surface area contributed by atoms with Crippen molar-refractivity contribution in [3.63, 3.8) is 0 Å². The molecule has 5 heteroatoms. The number of H-pyrrole nitrogens is 1. The second kappa shape index (κ2) is 4.55. The smallest absolute Gasteiger partial charge is 0.216 e. The van der Waals surface area contributed by atoms with Crippen LogP contribution in [-0.4, -0.2) is 20.2 Å². The van der Waals surface area contributed by atoms with E-state index in [0.29, 0.717) is 11.8 Å². The van der Waals surface area contributed by atoms with E-state index in [1.807, 2.05) is 13.8 Å². The molecule has 0 spiro atoms. The van der Waals surface area contributed by atoms with E-state index in [1.165, 1.54) is 17.8 Å². The molecule has 0 saturated carbocycles. The molecule has 18 heavy (non-hydrogen) atoms. The third-order valence-electron chi connectivity index (χ3n) is 3.60. The highest BCUT2D eigenvalue weighted by molar-refractivity contribution is 5.18. The van der Waals surface area contributed by atoms with Crippen molar-refractivity contribution in [1.82, 2.24) is 20.2 Å². The predicted octanol–water partition coefficient (Wildman–Crippen LogP) is 2.15. The molecule has 2 aromatic heterocycles. The topological polar surface area (TPSA) is 67.6 Å². The Morgan fingerprint density at radius 1 is 1.33 bits per heavy atom. The summed E-state index contributed by atoms with van der Waals surface area (Å²) < 4.78 is 5.41. The second-order valence-corrected chi connectivity index (χ2v) is 5.11. The fraction of sp³-hybridized carbons (Fsp3) is 0.615. The van der Waals surface area contributed by atoms with Gasteiger partial charge in [-0.2, -0.15) is 0 Å². The Kier molecular flexibility index (Phi) is 2.89. The molecule has 0 aliphatic heterocycles. The van der Waals surface area contributed by atoms with Gasteiger partial charge in [-0.25, -0.2) is 4.98 Å². The minimum Gasteiger partial charge on any atom is -0.426 e. The third-order valence-corrected chi connectivity index (χ3v) is 3.60. The highest BCUT2D eigenvalue weighted by Gasteiger charge is 2.21. The molecule has 2 heterocycles. The zero-order chi connectivity index (χ0) is 12.5. The molecule has 0 aromatic carbocycles. The molecular formula is C13H18N4O. The van der Waals surface area contributed by atoms with E-state index in [2.05, 4.69) is 20.2 Å². The van der Waals surface area contributed by atoms with Crippen molar-refractivity contribution in [3.05, 3.63) is 29.0 Å². The van der Waals surface area contributed by atoms with Crippen LogP contribution < -0.4 is 0 Å². The number of fused-ring (bicyclic) bond motifs is 1. The Morgan fingerprint density at radius 2 is 2.22 bits per heavy atom. The SMILES string of the molecule is Cc1nc2c([nH]1)CC(CCc1nnc(C)o1)CC2. The van der Waals surface area contributed by atoms with Gasteiger partial charge >= 0.3 is 0 Å². The van der Waals surface area contributed by atoms with Gasteiger partial charge < -0.3 is 9.40 Å². The van der Waals surface area contributed by atoms with Gasteiger partial charge in [0.2, 0.25) is 11.8 Å².